The Bertz CT molecular complexity index is 273. The number of hydrogen-bond donors (Lipinski definition) is 1. The van der Waals surface area contributed by atoms with Crippen LogP contribution >= 0.6 is 0 Å². The molecule has 0 aliphatic carbocycles. The molecule has 0 unspecified atom stereocenters. The molecule has 0 aromatic rings. The predicted octanol–water partition coefficient (Wildman–Crippen LogP) is 2.59. The summed E-state index contributed by atoms with van der Waals surface area (Å²) >= 11 is 0. The van der Waals surface area contributed by atoms with Gasteiger partial charge in [-0.05, 0) is 18.3 Å². The number of carbonyl (C=O) groups excluding carboxylic acids is 2. The summed E-state index contributed by atoms with van der Waals surface area (Å²) in [4.78, 5) is 23.7. The third-order valence-electron chi connectivity index (χ3n) is 2.52. The highest BCUT2D eigenvalue weighted by molar-refractivity contribution is 5.83. The lowest BCUT2D eigenvalue weighted by molar-refractivity contribution is -0.144. The van der Waals surface area contributed by atoms with Crippen molar-refractivity contribution < 1.29 is 9.59 Å². The smallest absolute Gasteiger partial charge is 0.243 e. The van der Waals surface area contributed by atoms with Crippen molar-refractivity contribution in [2.24, 2.45) is 17.8 Å². The first-order chi connectivity index (χ1) is 8.23. The lowest BCUT2D eigenvalue weighted by Crippen LogP contribution is -2.49. The summed E-state index contributed by atoms with van der Waals surface area (Å²) in [6, 6.07) is 0. The van der Waals surface area contributed by atoms with Crippen molar-refractivity contribution in [3.8, 4) is 0 Å². The van der Waals surface area contributed by atoms with Crippen molar-refractivity contribution in [2.75, 3.05) is 6.54 Å². The van der Waals surface area contributed by atoms with E-state index in [0.29, 0.717) is 24.8 Å². The van der Waals surface area contributed by atoms with Gasteiger partial charge in [0.2, 0.25) is 11.8 Å². The van der Waals surface area contributed by atoms with Crippen LogP contribution in [0.25, 0.3) is 0 Å². The Balaban J connectivity index is 4.40. The Morgan fingerprint density at radius 2 is 1.56 bits per heavy atom. The van der Waals surface area contributed by atoms with E-state index < -0.39 is 0 Å². The zero-order valence-corrected chi connectivity index (χ0v) is 12.6. The Hall–Kier alpha value is -1.06. The molecule has 0 radical (unpaired) electrons. The van der Waals surface area contributed by atoms with E-state index in [4.69, 9.17) is 0 Å². The maximum absolute atomic E-state index is 12.0. The first kappa shape index (κ1) is 16.9. The fraction of sp³-hybridized carbons (Fsp3) is 0.857. The summed E-state index contributed by atoms with van der Waals surface area (Å²) in [6.45, 7) is 12.5. The fourth-order valence-corrected chi connectivity index (χ4v) is 1.49. The molecule has 4 nitrogen and oxygen atoms in total. The molecule has 0 rings (SSSR count). The summed E-state index contributed by atoms with van der Waals surface area (Å²) in [5.41, 5.74) is 2.73. The van der Waals surface area contributed by atoms with Gasteiger partial charge in [0.05, 0.1) is 0 Å². The van der Waals surface area contributed by atoms with Gasteiger partial charge in [0.15, 0.2) is 0 Å². The van der Waals surface area contributed by atoms with Crippen LogP contribution in [0, 0.1) is 17.8 Å². The largest absolute Gasteiger partial charge is 0.273 e. The summed E-state index contributed by atoms with van der Waals surface area (Å²) in [7, 11) is 0. The molecule has 2 amide bonds. The van der Waals surface area contributed by atoms with E-state index in [9.17, 15) is 9.59 Å². The van der Waals surface area contributed by atoms with Crippen LogP contribution in [0.5, 0.6) is 0 Å². The molecule has 106 valence electrons. The zero-order valence-electron chi connectivity index (χ0n) is 12.6. The van der Waals surface area contributed by atoms with Crippen LogP contribution in [-0.2, 0) is 9.59 Å². The van der Waals surface area contributed by atoms with E-state index in [1.165, 1.54) is 5.01 Å². The van der Waals surface area contributed by atoms with E-state index in [1.54, 1.807) is 0 Å². The van der Waals surface area contributed by atoms with Gasteiger partial charge in [0.1, 0.15) is 0 Å². The van der Waals surface area contributed by atoms with Crippen LogP contribution in [-0.4, -0.2) is 23.4 Å². The Morgan fingerprint density at radius 1 is 1.00 bits per heavy atom. The van der Waals surface area contributed by atoms with E-state index in [2.05, 4.69) is 19.3 Å². The minimum Gasteiger partial charge on any atom is -0.273 e. The third kappa shape index (κ3) is 7.30. The standard InChI is InChI=1S/C14H28N2O2/c1-10(2)7-8-13(17)15-16(9-11(3)4)14(18)12(5)6/h10-12H,7-9H2,1-6H3,(H,15,17). The normalized spacial score (nSPS) is 11.2. The molecule has 0 bridgehead atoms. The van der Waals surface area contributed by atoms with Crippen LogP contribution in [0.15, 0.2) is 0 Å². The molecule has 0 saturated carbocycles. The molecule has 0 spiro atoms. The summed E-state index contributed by atoms with van der Waals surface area (Å²) in [5, 5.41) is 1.47. The maximum atomic E-state index is 12.0. The molecule has 1 N–H and O–H groups in total. The van der Waals surface area contributed by atoms with Gasteiger partial charge in [-0.2, -0.15) is 0 Å². The molecule has 0 heterocycles. The number of nitrogens with zero attached hydrogens (tertiary/aromatic N) is 1. The van der Waals surface area contributed by atoms with Crippen LogP contribution < -0.4 is 5.43 Å². The topological polar surface area (TPSA) is 49.4 Å². The fourth-order valence-electron chi connectivity index (χ4n) is 1.49. The van der Waals surface area contributed by atoms with Crippen LogP contribution in [0.1, 0.15) is 54.4 Å². The molecule has 0 aliphatic heterocycles. The van der Waals surface area contributed by atoms with Crippen LogP contribution in [0.2, 0.25) is 0 Å². The van der Waals surface area contributed by atoms with Gasteiger partial charge in [0, 0.05) is 18.9 Å². The number of hydrogen-bond acceptors (Lipinski definition) is 2. The summed E-state index contributed by atoms with van der Waals surface area (Å²) < 4.78 is 0. The molecule has 0 aromatic heterocycles. The van der Waals surface area contributed by atoms with Gasteiger partial charge in [-0.3, -0.25) is 20.0 Å². The molecule has 0 saturated heterocycles. The lowest BCUT2D eigenvalue weighted by Gasteiger charge is -2.26. The van der Waals surface area contributed by atoms with Crippen molar-refractivity contribution in [3.05, 3.63) is 0 Å². The Kier molecular flexibility index (Phi) is 7.64. The third-order valence-corrected chi connectivity index (χ3v) is 2.52. The minimum absolute atomic E-state index is 0.0263. The molecule has 0 fully saturated rings. The van der Waals surface area contributed by atoms with E-state index >= 15 is 0 Å². The van der Waals surface area contributed by atoms with Crippen LogP contribution in [0.3, 0.4) is 0 Å². The van der Waals surface area contributed by atoms with Crippen LogP contribution in [0.4, 0.5) is 0 Å². The van der Waals surface area contributed by atoms with E-state index in [0.717, 1.165) is 6.42 Å². The van der Waals surface area contributed by atoms with Crippen molar-refractivity contribution in [1.29, 1.82) is 0 Å². The highest BCUT2D eigenvalue weighted by Gasteiger charge is 2.20. The second-order valence-corrected chi connectivity index (χ2v) is 5.96. The SMILES string of the molecule is CC(C)CCC(=O)NN(CC(C)C)C(=O)C(C)C. The van der Waals surface area contributed by atoms with Gasteiger partial charge in [0.25, 0.3) is 0 Å². The second-order valence-electron chi connectivity index (χ2n) is 5.96. The monoisotopic (exact) mass is 256 g/mol. The number of amides is 2. The summed E-state index contributed by atoms with van der Waals surface area (Å²) in [6.07, 6.45) is 1.31. The van der Waals surface area contributed by atoms with Gasteiger partial charge in [-0.1, -0.05) is 41.5 Å². The molecule has 18 heavy (non-hydrogen) atoms. The van der Waals surface area contributed by atoms with Crippen molar-refractivity contribution in [3.63, 3.8) is 0 Å². The number of hydrazine groups is 1. The number of nitrogens with one attached hydrogen (secondary N) is 1. The van der Waals surface area contributed by atoms with Crippen molar-refractivity contribution in [1.82, 2.24) is 10.4 Å². The lowest BCUT2D eigenvalue weighted by atomic mass is 10.1. The first-order valence-corrected chi connectivity index (χ1v) is 6.84. The average Bonchev–Trinajstić information content (AvgIpc) is 2.23. The molecule has 0 atom stereocenters. The highest BCUT2D eigenvalue weighted by Crippen LogP contribution is 2.06. The molecular weight excluding hydrogens is 228 g/mol. The summed E-state index contributed by atoms with van der Waals surface area (Å²) in [5.74, 6) is 0.627. The zero-order chi connectivity index (χ0) is 14.3. The maximum Gasteiger partial charge on any atom is 0.243 e. The molecule has 0 aromatic carbocycles. The van der Waals surface area contributed by atoms with Gasteiger partial charge < -0.3 is 0 Å². The minimum atomic E-state index is -0.103. The Labute approximate surface area is 111 Å². The molecule has 4 heteroatoms. The quantitative estimate of drug-likeness (QED) is 0.743. The van der Waals surface area contributed by atoms with E-state index in [1.807, 2.05) is 27.7 Å². The van der Waals surface area contributed by atoms with Crippen molar-refractivity contribution >= 4 is 11.8 Å². The number of rotatable bonds is 6. The molecule has 0 aliphatic rings. The molecular formula is C14H28N2O2. The Morgan fingerprint density at radius 3 is 1.94 bits per heavy atom. The predicted molar refractivity (Wildman–Crippen MR) is 73.6 cm³/mol. The average molecular weight is 256 g/mol. The van der Waals surface area contributed by atoms with Gasteiger partial charge in [-0.15, -0.1) is 0 Å². The number of carbonyl (C=O) groups is 2. The van der Waals surface area contributed by atoms with Crippen molar-refractivity contribution in [2.45, 2.75) is 54.4 Å². The van der Waals surface area contributed by atoms with Gasteiger partial charge >= 0.3 is 0 Å². The highest BCUT2D eigenvalue weighted by atomic mass is 16.2. The van der Waals surface area contributed by atoms with Gasteiger partial charge in [-0.25, -0.2) is 0 Å². The first-order valence-electron chi connectivity index (χ1n) is 6.84. The van der Waals surface area contributed by atoms with E-state index in [-0.39, 0.29) is 17.7 Å². The second kappa shape index (κ2) is 8.11.